The van der Waals surface area contributed by atoms with E-state index in [0.29, 0.717) is 5.56 Å². The van der Waals surface area contributed by atoms with E-state index in [0.717, 1.165) is 66.1 Å². The predicted molar refractivity (Wildman–Crippen MR) is 242 cm³/mol. The molecule has 9 aromatic carbocycles. The van der Waals surface area contributed by atoms with Gasteiger partial charge in [0.25, 0.3) is 0 Å². The maximum Gasteiger partial charge on any atom is 0.104 e. The van der Waals surface area contributed by atoms with Gasteiger partial charge in [0.1, 0.15) is 11.6 Å². The summed E-state index contributed by atoms with van der Waals surface area (Å²) in [5.74, 6) is 0. The molecule has 3 nitrogen and oxygen atoms in total. The molecule has 0 aliphatic heterocycles. The highest BCUT2D eigenvalue weighted by molar-refractivity contribution is 6.11. The molecular formula is C56H33N3. The van der Waals surface area contributed by atoms with Gasteiger partial charge in [-0.25, -0.2) is 0 Å². The topological polar surface area (TPSA) is 33.6 Å². The van der Waals surface area contributed by atoms with Gasteiger partial charge in [0, 0.05) is 21.5 Å². The molecule has 2 aliphatic rings. The van der Waals surface area contributed by atoms with E-state index in [9.17, 15) is 5.26 Å². The summed E-state index contributed by atoms with van der Waals surface area (Å²) in [5, 5.41) is 16.0. The van der Waals surface area contributed by atoms with Crippen LogP contribution >= 0.6 is 0 Å². The lowest BCUT2D eigenvalue weighted by molar-refractivity contribution is 0.794. The van der Waals surface area contributed by atoms with Crippen LogP contribution in [0, 0.1) is 11.3 Å². The van der Waals surface area contributed by atoms with Crippen LogP contribution in [0.2, 0.25) is 0 Å². The summed E-state index contributed by atoms with van der Waals surface area (Å²) in [5.41, 5.74) is 18.7. The van der Waals surface area contributed by atoms with E-state index in [-0.39, 0.29) is 0 Å². The summed E-state index contributed by atoms with van der Waals surface area (Å²) >= 11 is 0. The maximum absolute atomic E-state index is 11.4. The van der Waals surface area contributed by atoms with Crippen LogP contribution in [0.5, 0.6) is 0 Å². The number of nitrogens with zero attached hydrogens (tertiary/aromatic N) is 3. The smallest absolute Gasteiger partial charge is 0.104 e. The molecule has 13 rings (SSSR count). The molecule has 0 amide bonds. The molecule has 0 radical (unpaired) electrons. The molecule has 2 aromatic heterocycles. The average molecular weight is 748 g/mol. The van der Waals surface area contributed by atoms with Crippen molar-refractivity contribution in [1.29, 1.82) is 5.26 Å². The van der Waals surface area contributed by atoms with E-state index in [1.54, 1.807) is 0 Å². The van der Waals surface area contributed by atoms with Crippen LogP contribution in [-0.2, 0) is 5.41 Å². The quantitative estimate of drug-likeness (QED) is 0.177. The molecule has 3 heteroatoms. The zero-order valence-corrected chi connectivity index (χ0v) is 31.9. The zero-order chi connectivity index (χ0) is 38.8. The van der Waals surface area contributed by atoms with Gasteiger partial charge in [-0.05, 0) is 98.1 Å². The highest BCUT2D eigenvalue weighted by Gasteiger charge is 2.51. The number of hydrogen-bond acceptors (Lipinski definition) is 1. The fourth-order valence-corrected chi connectivity index (χ4v) is 10.9. The minimum atomic E-state index is -0.412. The van der Waals surface area contributed by atoms with E-state index in [1.165, 1.54) is 44.5 Å². The SMILES string of the molecule is N#Cc1c(-n2c3ccccc3c3ccccc32)cc(-c2ccc3c(c2)-c2ccccc2C32c3ccccc3-c3ccccc32)cc1-n1c2ccccc2c2ccccc21. The summed E-state index contributed by atoms with van der Waals surface area (Å²) in [6.45, 7) is 0. The van der Waals surface area contributed by atoms with E-state index in [1.807, 2.05) is 0 Å². The van der Waals surface area contributed by atoms with Crippen LogP contribution in [-0.4, -0.2) is 9.13 Å². The van der Waals surface area contributed by atoms with Crippen LogP contribution in [0.25, 0.3) is 88.4 Å². The van der Waals surface area contributed by atoms with Crippen molar-refractivity contribution in [2.24, 2.45) is 0 Å². The Morgan fingerprint density at radius 2 is 0.695 bits per heavy atom. The summed E-state index contributed by atoms with van der Waals surface area (Å²) in [6.07, 6.45) is 0. The number of para-hydroxylation sites is 4. The largest absolute Gasteiger partial charge is 0.308 e. The number of aromatic nitrogens is 2. The summed E-state index contributed by atoms with van der Waals surface area (Å²) < 4.78 is 4.60. The van der Waals surface area contributed by atoms with Crippen LogP contribution < -0.4 is 0 Å². The molecule has 1 spiro atoms. The second-order valence-electron chi connectivity index (χ2n) is 15.9. The fraction of sp³-hybridized carbons (Fsp3) is 0.0179. The van der Waals surface area contributed by atoms with Gasteiger partial charge in [0.2, 0.25) is 0 Å². The molecule has 59 heavy (non-hydrogen) atoms. The Morgan fingerprint density at radius 1 is 0.339 bits per heavy atom. The Kier molecular flexibility index (Phi) is 6.44. The van der Waals surface area contributed by atoms with Crippen molar-refractivity contribution in [2.45, 2.75) is 5.41 Å². The van der Waals surface area contributed by atoms with Crippen molar-refractivity contribution in [3.05, 3.63) is 228 Å². The number of nitriles is 1. The van der Waals surface area contributed by atoms with Crippen LogP contribution in [0.1, 0.15) is 27.8 Å². The van der Waals surface area contributed by atoms with Crippen LogP contribution in [0.4, 0.5) is 0 Å². The lowest BCUT2D eigenvalue weighted by atomic mass is 9.70. The van der Waals surface area contributed by atoms with Gasteiger partial charge in [-0.2, -0.15) is 5.26 Å². The van der Waals surface area contributed by atoms with Gasteiger partial charge in [0.05, 0.1) is 38.9 Å². The Balaban J connectivity index is 1.14. The van der Waals surface area contributed by atoms with Crippen LogP contribution in [0.15, 0.2) is 200 Å². The predicted octanol–water partition coefficient (Wildman–Crippen LogP) is 13.8. The van der Waals surface area contributed by atoms with E-state index in [4.69, 9.17) is 0 Å². The molecule has 11 aromatic rings. The van der Waals surface area contributed by atoms with Gasteiger partial charge >= 0.3 is 0 Å². The molecule has 0 bridgehead atoms. The normalized spacial score (nSPS) is 13.2. The molecule has 2 aliphatic carbocycles. The second-order valence-corrected chi connectivity index (χ2v) is 15.9. The van der Waals surface area contributed by atoms with Crippen molar-refractivity contribution in [3.8, 4) is 50.8 Å². The highest BCUT2D eigenvalue weighted by atomic mass is 15.0. The van der Waals surface area contributed by atoms with E-state index >= 15 is 0 Å². The Morgan fingerprint density at radius 3 is 1.12 bits per heavy atom. The minimum Gasteiger partial charge on any atom is -0.308 e. The third-order valence-electron chi connectivity index (χ3n) is 13.2. The molecule has 0 saturated carbocycles. The summed E-state index contributed by atoms with van der Waals surface area (Å²) in [7, 11) is 0. The lowest BCUT2D eigenvalue weighted by Gasteiger charge is -2.30. The van der Waals surface area contributed by atoms with Crippen molar-refractivity contribution >= 4 is 43.6 Å². The molecule has 0 fully saturated rings. The Labute approximate surface area is 340 Å². The lowest BCUT2D eigenvalue weighted by Crippen LogP contribution is -2.25. The third-order valence-corrected chi connectivity index (χ3v) is 13.2. The molecule has 0 saturated heterocycles. The van der Waals surface area contributed by atoms with Crippen molar-refractivity contribution in [1.82, 2.24) is 9.13 Å². The monoisotopic (exact) mass is 747 g/mol. The molecule has 0 N–H and O–H groups in total. The van der Waals surface area contributed by atoms with Gasteiger partial charge in [-0.1, -0.05) is 158 Å². The number of rotatable bonds is 3. The first kappa shape index (κ1) is 32.2. The molecule has 0 atom stereocenters. The maximum atomic E-state index is 11.4. The standard InChI is InChI=1S/C56H33N3/c57-34-45-54(58-50-25-11-4-18-40(50)41-19-5-12-26-51(41)58)32-36(33-55(45)59-52-27-13-6-20-42(52)43-21-7-14-28-53(43)59)35-29-30-49-44(31-35)39-17-3-10-24-48(39)56(49)46-22-8-1-15-37(46)38-16-2-9-23-47(38)56/h1-33H. The average Bonchev–Trinajstić information content (AvgIpc) is 4.01. The number of fused-ring (bicyclic) bond motifs is 16. The summed E-state index contributed by atoms with van der Waals surface area (Å²) in [6, 6.07) is 75.4. The Hall–Kier alpha value is -7.93. The Bertz CT molecular complexity index is 3360. The minimum absolute atomic E-state index is 0.412. The van der Waals surface area contributed by atoms with Crippen molar-refractivity contribution in [2.75, 3.05) is 0 Å². The van der Waals surface area contributed by atoms with Gasteiger partial charge in [-0.3, -0.25) is 0 Å². The second kappa shape index (κ2) is 11.8. The molecule has 0 unspecified atom stereocenters. The first-order valence-electron chi connectivity index (χ1n) is 20.2. The first-order valence-corrected chi connectivity index (χ1v) is 20.2. The zero-order valence-electron chi connectivity index (χ0n) is 31.9. The summed E-state index contributed by atoms with van der Waals surface area (Å²) in [4.78, 5) is 0. The van der Waals surface area contributed by atoms with Crippen molar-refractivity contribution in [3.63, 3.8) is 0 Å². The van der Waals surface area contributed by atoms with E-state index < -0.39 is 5.41 Å². The van der Waals surface area contributed by atoms with Gasteiger partial charge in [-0.15, -0.1) is 0 Å². The fourth-order valence-electron chi connectivity index (χ4n) is 10.9. The van der Waals surface area contributed by atoms with Gasteiger partial charge < -0.3 is 9.13 Å². The van der Waals surface area contributed by atoms with Crippen molar-refractivity contribution < 1.29 is 0 Å². The highest BCUT2D eigenvalue weighted by Crippen LogP contribution is 2.63. The molecule has 2 heterocycles. The van der Waals surface area contributed by atoms with Gasteiger partial charge in [0.15, 0.2) is 0 Å². The molecular weight excluding hydrogens is 715 g/mol. The van der Waals surface area contributed by atoms with Crippen LogP contribution in [0.3, 0.4) is 0 Å². The first-order chi connectivity index (χ1) is 29.3. The number of benzene rings is 9. The molecule has 272 valence electrons. The third kappa shape index (κ3) is 4.10. The number of hydrogen-bond donors (Lipinski definition) is 0. The van der Waals surface area contributed by atoms with E-state index in [2.05, 4.69) is 215 Å².